The molecule has 4 nitrogen and oxygen atoms in total. The van der Waals surface area contributed by atoms with Crippen LogP contribution in [0.25, 0.3) is 0 Å². The maximum absolute atomic E-state index is 12.5. The van der Waals surface area contributed by atoms with Crippen molar-refractivity contribution in [3.05, 3.63) is 41.5 Å². The SMILES string of the molecule is CC(C)=CCCC(C)CC(=O)c1ccccc1OS(=O)(=O)C(F)(F)F. The predicted molar refractivity (Wildman–Crippen MR) is 88.8 cm³/mol. The largest absolute Gasteiger partial charge is 0.534 e. The average Bonchev–Trinajstić information content (AvgIpc) is 2.45. The number of ketones is 1. The van der Waals surface area contributed by atoms with E-state index in [0.717, 1.165) is 24.5 Å². The summed E-state index contributed by atoms with van der Waals surface area (Å²) in [6.45, 7) is 5.78. The van der Waals surface area contributed by atoms with E-state index in [2.05, 4.69) is 4.18 Å². The van der Waals surface area contributed by atoms with Crippen molar-refractivity contribution >= 4 is 15.9 Å². The molecular weight excluding hydrogens is 357 g/mol. The smallest absolute Gasteiger partial charge is 0.375 e. The Morgan fingerprint density at radius 3 is 2.40 bits per heavy atom. The van der Waals surface area contributed by atoms with Crippen molar-refractivity contribution < 1.29 is 30.6 Å². The van der Waals surface area contributed by atoms with Crippen LogP contribution in [0.5, 0.6) is 5.75 Å². The second-order valence-corrected chi connectivity index (χ2v) is 7.61. The molecule has 0 amide bonds. The van der Waals surface area contributed by atoms with Crippen LogP contribution in [0.2, 0.25) is 0 Å². The van der Waals surface area contributed by atoms with Gasteiger partial charge in [-0.3, -0.25) is 4.79 Å². The van der Waals surface area contributed by atoms with E-state index in [-0.39, 0.29) is 17.9 Å². The highest BCUT2D eigenvalue weighted by molar-refractivity contribution is 7.88. The fourth-order valence-corrected chi connectivity index (χ4v) is 2.60. The number of Topliss-reactive ketones (excluding diaryl/α,β-unsaturated/α-hetero) is 1. The second kappa shape index (κ2) is 8.51. The number of carbonyl (C=O) groups excluding carboxylic acids is 1. The lowest BCUT2D eigenvalue weighted by Gasteiger charge is -2.14. The third-order valence-electron chi connectivity index (χ3n) is 3.42. The summed E-state index contributed by atoms with van der Waals surface area (Å²) in [6.07, 6.45) is 3.65. The van der Waals surface area contributed by atoms with Crippen molar-refractivity contribution in [2.45, 2.75) is 45.5 Å². The lowest BCUT2D eigenvalue weighted by atomic mass is 9.95. The molecule has 0 radical (unpaired) electrons. The second-order valence-electron chi connectivity index (χ2n) is 6.07. The number of rotatable bonds is 8. The fourth-order valence-electron chi connectivity index (χ4n) is 2.12. The zero-order valence-corrected chi connectivity index (χ0v) is 15.1. The molecule has 1 atom stereocenters. The Labute approximate surface area is 145 Å². The van der Waals surface area contributed by atoms with E-state index in [1.165, 1.54) is 18.2 Å². The van der Waals surface area contributed by atoms with Gasteiger partial charge in [-0.2, -0.15) is 21.6 Å². The first-order chi connectivity index (χ1) is 11.4. The monoisotopic (exact) mass is 378 g/mol. The van der Waals surface area contributed by atoms with E-state index < -0.39 is 27.2 Å². The minimum atomic E-state index is -5.82. The van der Waals surface area contributed by atoms with Crippen molar-refractivity contribution in [2.24, 2.45) is 5.92 Å². The van der Waals surface area contributed by atoms with Crippen molar-refractivity contribution in [2.75, 3.05) is 0 Å². The van der Waals surface area contributed by atoms with E-state index >= 15 is 0 Å². The molecule has 0 aliphatic carbocycles. The van der Waals surface area contributed by atoms with Crippen LogP contribution >= 0.6 is 0 Å². The van der Waals surface area contributed by atoms with E-state index in [1.807, 2.05) is 26.8 Å². The van der Waals surface area contributed by atoms with Gasteiger partial charge in [-0.25, -0.2) is 0 Å². The number of hydrogen-bond acceptors (Lipinski definition) is 4. The number of allylic oxidation sites excluding steroid dienone is 2. The summed E-state index contributed by atoms with van der Waals surface area (Å²) in [6, 6.07) is 5.03. The van der Waals surface area contributed by atoms with Gasteiger partial charge in [-0.1, -0.05) is 30.7 Å². The molecule has 0 aromatic heterocycles. The van der Waals surface area contributed by atoms with Gasteiger partial charge >= 0.3 is 15.6 Å². The van der Waals surface area contributed by atoms with Gasteiger partial charge in [0.15, 0.2) is 11.5 Å². The maximum atomic E-state index is 12.5. The highest BCUT2D eigenvalue weighted by atomic mass is 32.2. The Bertz CT molecular complexity index is 733. The van der Waals surface area contributed by atoms with Gasteiger partial charge in [-0.15, -0.1) is 0 Å². The first-order valence-electron chi connectivity index (χ1n) is 7.70. The normalized spacial score (nSPS) is 13.2. The van der Waals surface area contributed by atoms with Gasteiger partial charge < -0.3 is 4.18 Å². The number of para-hydroxylation sites is 1. The predicted octanol–water partition coefficient (Wildman–Crippen LogP) is 4.87. The molecule has 0 aliphatic heterocycles. The zero-order valence-electron chi connectivity index (χ0n) is 14.3. The van der Waals surface area contributed by atoms with Crippen LogP contribution < -0.4 is 4.18 Å². The molecule has 1 unspecified atom stereocenters. The van der Waals surface area contributed by atoms with Gasteiger partial charge in [0.05, 0.1) is 5.56 Å². The number of halogens is 3. The molecule has 0 saturated carbocycles. The van der Waals surface area contributed by atoms with Gasteiger partial charge in [0.1, 0.15) is 0 Å². The van der Waals surface area contributed by atoms with Crippen LogP contribution in [0.3, 0.4) is 0 Å². The Hall–Kier alpha value is -1.83. The van der Waals surface area contributed by atoms with Crippen LogP contribution in [-0.2, 0) is 10.1 Å². The molecule has 1 aromatic carbocycles. The highest BCUT2D eigenvalue weighted by Gasteiger charge is 2.48. The summed E-state index contributed by atoms with van der Waals surface area (Å²) in [5, 5.41) is 0. The van der Waals surface area contributed by atoms with Crippen molar-refractivity contribution in [3.8, 4) is 5.75 Å². The lowest BCUT2D eigenvalue weighted by molar-refractivity contribution is -0.0500. The number of hydrogen-bond donors (Lipinski definition) is 0. The van der Waals surface area contributed by atoms with Gasteiger partial charge in [-0.05, 0) is 44.7 Å². The Morgan fingerprint density at radius 2 is 1.84 bits per heavy atom. The first kappa shape index (κ1) is 21.2. The van der Waals surface area contributed by atoms with Gasteiger partial charge in [0, 0.05) is 6.42 Å². The van der Waals surface area contributed by atoms with E-state index in [1.54, 1.807) is 0 Å². The third-order valence-corrected chi connectivity index (χ3v) is 4.38. The minimum Gasteiger partial charge on any atom is -0.375 e. The quantitative estimate of drug-likeness (QED) is 0.280. The zero-order chi connectivity index (χ0) is 19.3. The highest BCUT2D eigenvalue weighted by Crippen LogP contribution is 2.30. The summed E-state index contributed by atoms with van der Waals surface area (Å²) in [5.74, 6) is -1.07. The van der Waals surface area contributed by atoms with Crippen molar-refractivity contribution in [1.82, 2.24) is 0 Å². The third kappa shape index (κ3) is 6.53. The van der Waals surface area contributed by atoms with Gasteiger partial charge in [0.2, 0.25) is 0 Å². The number of alkyl halides is 3. The molecule has 0 spiro atoms. The number of benzene rings is 1. The van der Waals surface area contributed by atoms with Crippen LogP contribution in [0.15, 0.2) is 35.9 Å². The number of carbonyl (C=O) groups is 1. The van der Waals surface area contributed by atoms with Crippen LogP contribution in [0, 0.1) is 5.92 Å². The Kier molecular flexibility index (Phi) is 7.22. The standard InChI is InChI=1S/C17H21F3O4S/c1-12(2)7-6-8-13(3)11-15(21)14-9-4-5-10-16(14)24-25(22,23)17(18,19)20/h4-5,7,9-10,13H,6,8,11H2,1-3H3. The summed E-state index contributed by atoms with van der Waals surface area (Å²) in [5.41, 5.74) is -4.57. The first-order valence-corrected chi connectivity index (χ1v) is 9.11. The molecular formula is C17H21F3O4S. The molecule has 1 rings (SSSR count). The molecule has 0 saturated heterocycles. The molecule has 8 heteroatoms. The van der Waals surface area contributed by atoms with Crippen molar-refractivity contribution in [1.29, 1.82) is 0 Å². The van der Waals surface area contributed by atoms with Crippen LogP contribution in [-0.4, -0.2) is 19.7 Å². The molecule has 0 bridgehead atoms. The maximum Gasteiger partial charge on any atom is 0.534 e. The molecule has 140 valence electrons. The Balaban J connectivity index is 2.89. The van der Waals surface area contributed by atoms with Crippen LogP contribution in [0.1, 0.15) is 50.4 Å². The Morgan fingerprint density at radius 1 is 1.24 bits per heavy atom. The molecule has 0 heterocycles. The average molecular weight is 378 g/mol. The molecule has 0 aliphatic rings. The molecule has 25 heavy (non-hydrogen) atoms. The summed E-state index contributed by atoms with van der Waals surface area (Å²) >= 11 is 0. The molecule has 0 fully saturated rings. The van der Waals surface area contributed by atoms with Crippen LogP contribution in [0.4, 0.5) is 13.2 Å². The van der Waals surface area contributed by atoms with E-state index in [0.29, 0.717) is 0 Å². The van der Waals surface area contributed by atoms with Crippen molar-refractivity contribution in [3.63, 3.8) is 0 Å². The van der Waals surface area contributed by atoms with Gasteiger partial charge in [0.25, 0.3) is 0 Å². The summed E-state index contributed by atoms with van der Waals surface area (Å²) in [4.78, 5) is 12.3. The minimum absolute atomic E-state index is 0.00428. The molecule has 0 N–H and O–H groups in total. The topological polar surface area (TPSA) is 60.4 Å². The summed E-state index contributed by atoms with van der Waals surface area (Å²) in [7, 11) is -5.82. The fraction of sp³-hybridized carbons (Fsp3) is 0.471. The van der Waals surface area contributed by atoms with E-state index in [9.17, 15) is 26.4 Å². The lowest BCUT2D eigenvalue weighted by Crippen LogP contribution is -2.28. The molecule has 1 aromatic rings. The van der Waals surface area contributed by atoms with E-state index in [4.69, 9.17) is 0 Å². The summed E-state index contributed by atoms with van der Waals surface area (Å²) < 4.78 is 63.8.